The Bertz CT molecular complexity index is 874. The van der Waals surface area contributed by atoms with Crippen molar-refractivity contribution in [1.82, 2.24) is 25.8 Å². The molecule has 0 radical (unpaired) electrons. The van der Waals surface area contributed by atoms with Gasteiger partial charge in [0.25, 0.3) is 0 Å². The number of rotatable bonds is 8. The number of amides is 3. The third kappa shape index (κ3) is 5.96. The summed E-state index contributed by atoms with van der Waals surface area (Å²) < 4.78 is 0. The Morgan fingerprint density at radius 2 is 1.85 bits per heavy atom. The summed E-state index contributed by atoms with van der Waals surface area (Å²) in [5.74, 6) is -0.627. The summed E-state index contributed by atoms with van der Waals surface area (Å²) in [6, 6.07) is 6.57. The van der Waals surface area contributed by atoms with E-state index >= 15 is 0 Å². The van der Waals surface area contributed by atoms with Crippen molar-refractivity contribution in [2.24, 2.45) is 5.92 Å². The molecule has 1 aromatic carbocycles. The summed E-state index contributed by atoms with van der Waals surface area (Å²) in [4.78, 5) is 43.7. The number of carbonyl (C=O) groups excluding carboxylic acids is 3. The molecule has 8 nitrogen and oxygen atoms in total. The third-order valence-corrected chi connectivity index (χ3v) is 7.24. The van der Waals surface area contributed by atoms with Crippen LogP contribution in [0, 0.1) is 5.92 Å². The van der Waals surface area contributed by atoms with Gasteiger partial charge in [-0.3, -0.25) is 19.3 Å². The molecule has 1 fully saturated rings. The molecule has 0 saturated carbocycles. The van der Waals surface area contributed by atoms with Gasteiger partial charge in [0, 0.05) is 19.6 Å². The van der Waals surface area contributed by atoms with Crippen LogP contribution >= 0.6 is 0 Å². The lowest BCUT2D eigenvalue weighted by molar-refractivity contribution is -0.148. The van der Waals surface area contributed by atoms with E-state index in [0.29, 0.717) is 19.6 Å². The van der Waals surface area contributed by atoms with Gasteiger partial charge in [-0.05, 0) is 56.8 Å². The molecule has 3 amide bonds. The fourth-order valence-electron chi connectivity index (χ4n) is 4.89. The number of piperazine rings is 1. The van der Waals surface area contributed by atoms with Gasteiger partial charge in [0.05, 0.1) is 12.1 Å². The lowest BCUT2D eigenvalue weighted by Crippen LogP contribution is -2.65. The van der Waals surface area contributed by atoms with E-state index in [-0.39, 0.29) is 29.7 Å². The van der Waals surface area contributed by atoms with Gasteiger partial charge < -0.3 is 20.9 Å². The van der Waals surface area contributed by atoms with E-state index in [0.717, 1.165) is 25.8 Å². The molecule has 0 aromatic heterocycles. The molecule has 34 heavy (non-hydrogen) atoms. The number of nitrogens with one attached hydrogen (secondary N) is 3. The Hall–Kier alpha value is -2.45. The van der Waals surface area contributed by atoms with Crippen LogP contribution in [0.1, 0.15) is 57.7 Å². The first-order valence-electron chi connectivity index (χ1n) is 12.6. The zero-order valence-corrected chi connectivity index (χ0v) is 21.3. The first-order valence-corrected chi connectivity index (χ1v) is 12.6. The van der Waals surface area contributed by atoms with Crippen LogP contribution in [0.4, 0.5) is 0 Å². The van der Waals surface area contributed by atoms with Crippen LogP contribution in [0.15, 0.2) is 24.3 Å². The average Bonchev–Trinajstić information content (AvgIpc) is 2.85. The molecular weight excluding hydrogens is 430 g/mol. The number of hydrogen-bond acceptors (Lipinski definition) is 5. The molecule has 2 aliphatic rings. The minimum Gasteiger partial charge on any atom is -0.347 e. The highest BCUT2D eigenvalue weighted by molar-refractivity contribution is 5.93. The van der Waals surface area contributed by atoms with Crippen molar-refractivity contribution in [3.8, 4) is 0 Å². The first-order chi connectivity index (χ1) is 16.3. The van der Waals surface area contributed by atoms with E-state index in [9.17, 15) is 14.4 Å². The zero-order chi connectivity index (χ0) is 24.8. The smallest absolute Gasteiger partial charge is 0.246 e. The number of hydrogen-bond donors (Lipinski definition) is 3. The second-order valence-electron chi connectivity index (χ2n) is 9.83. The quantitative estimate of drug-likeness (QED) is 0.534. The topological polar surface area (TPSA) is 93.8 Å². The van der Waals surface area contributed by atoms with Gasteiger partial charge in [0.15, 0.2) is 0 Å². The molecule has 1 aliphatic heterocycles. The number of likely N-dealkylation sites (N-methyl/N-ethyl adjacent to an activating group) is 2. The van der Waals surface area contributed by atoms with Gasteiger partial charge in [0.2, 0.25) is 17.7 Å². The third-order valence-electron chi connectivity index (χ3n) is 7.24. The van der Waals surface area contributed by atoms with Gasteiger partial charge >= 0.3 is 0 Å². The van der Waals surface area contributed by atoms with Crippen molar-refractivity contribution < 1.29 is 14.4 Å². The zero-order valence-electron chi connectivity index (χ0n) is 21.3. The summed E-state index contributed by atoms with van der Waals surface area (Å²) in [6.07, 6.45) is 2.95. The number of aryl methyl sites for hydroxylation is 1. The maximum Gasteiger partial charge on any atom is 0.246 e. The molecule has 1 heterocycles. The van der Waals surface area contributed by atoms with E-state index < -0.39 is 18.1 Å². The van der Waals surface area contributed by atoms with Crippen LogP contribution < -0.4 is 16.0 Å². The number of carbonyl (C=O) groups is 3. The number of fused-ring (bicyclic) bond motifs is 1. The monoisotopic (exact) mass is 471 g/mol. The predicted molar refractivity (Wildman–Crippen MR) is 133 cm³/mol. The van der Waals surface area contributed by atoms with E-state index in [4.69, 9.17) is 0 Å². The van der Waals surface area contributed by atoms with Crippen molar-refractivity contribution in [2.45, 2.75) is 71.1 Å². The summed E-state index contributed by atoms with van der Waals surface area (Å²) in [5.41, 5.74) is 2.46. The van der Waals surface area contributed by atoms with Crippen molar-refractivity contribution in [3.63, 3.8) is 0 Å². The predicted octanol–water partition coefficient (Wildman–Crippen LogP) is 1.46. The molecule has 188 valence electrons. The van der Waals surface area contributed by atoms with Crippen molar-refractivity contribution in [1.29, 1.82) is 0 Å². The van der Waals surface area contributed by atoms with E-state index in [1.54, 1.807) is 18.9 Å². The molecule has 3 rings (SSSR count). The highest BCUT2D eigenvalue weighted by Crippen LogP contribution is 2.30. The Balaban J connectivity index is 1.79. The second-order valence-corrected chi connectivity index (χ2v) is 9.83. The summed E-state index contributed by atoms with van der Waals surface area (Å²) in [6.45, 7) is 10.2. The molecule has 0 bridgehead atoms. The first kappa shape index (κ1) is 26.2. The van der Waals surface area contributed by atoms with Crippen LogP contribution in [0.25, 0.3) is 0 Å². The highest BCUT2D eigenvalue weighted by Gasteiger charge is 2.40. The van der Waals surface area contributed by atoms with Gasteiger partial charge in [-0.15, -0.1) is 0 Å². The molecule has 4 atom stereocenters. The van der Waals surface area contributed by atoms with Gasteiger partial charge in [-0.25, -0.2) is 0 Å². The SMILES string of the molecule is CCN1CCN(C(=O)[C@@H](NC(=O)[C@H](C)NC)C(C)C)[C@H](C(=O)NC2CCCc3ccccc32)C1. The minimum absolute atomic E-state index is 0.0384. The van der Waals surface area contributed by atoms with Crippen molar-refractivity contribution in [3.05, 3.63) is 35.4 Å². The standard InChI is InChI=1S/C26H41N5O3/c1-6-30-14-15-31(26(34)23(17(2)3)29-24(32)18(4)27-5)22(16-30)25(33)28-21-13-9-11-19-10-7-8-12-20(19)21/h7-8,10,12,17-18,21-23,27H,6,9,11,13-16H2,1-5H3,(H,28,33)(H,29,32)/t18-,21?,22-,23-/m0/s1. The van der Waals surface area contributed by atoms with Crippen LogP contribution in [0.2, 0.25) is 0 Å². The fourth-order valence-corrected chi connectivity index (χ4v) is 4.89. The molecule has 1 unspecified atom stereocenters. The molecule has 1 saturated heterocycles. The van der Waals surface area contributed by atoms with Gasteiger partial charge in [0.1, 0.15) is 12.1 Å². The Labute approximate surface area is 203 Å². The molecule has 3 N–H and O–H groups in total. The lowest BCUT2D eigenvalue weighted by Gasteiger charge is -2.42. The normalized spacial score (nSPS) is 22.6. The summed E-state index contributed by atoms with van der Waals surface area (Å²) in [5, 5.41) is 9.07. The van der Waals surface area contributed by atoms with Crippen molar-refractivity contribution >= 4 is 17.7 Å². The maximum atomic E-state index is 13.7. The van der Waals surface area contributed by atoms with Gasteiger partial charge in [-0.2, -0.15) is 0 Å². The minimum atomic E-state index is -0.679. The summed E-state index contributed by atoms with van der Waals surface area (Å²) >= 11 is 0. The van der Waals surface area contributed by atoms with Crippen LogP contribution in [0.5, 0.6) is 0 Å². The maximum absolute atomic E-state index is 13.7. The molecule has 1 aliphatic carbocycles. The van der Waals surface area contributed by atoms with E-state index in [1.165, 1.54) is 11.1 Å². The second kappa shape index (κ2) is 11.8. The van der Waals surface area contributed by atoms with Crippen molar-refractivity contribution in [2.75, 3.05) is 33.2 Å². The average molecular weight is 472 g/mol. The lowest BCUT2D eigenvalue weighted by atomic mass is 9.87. The van der Waals surface area contributed by atoms with Crippen LogP contribution in [-0.4, -0.2) is 78.9 Å². The van der Waals surface area contributed by atoms with Crippen LogP contribution in [-0.2, 0) is 20.8 Å². The Morgan fingerprint density at radius 1 is 1.12 bits per heavy atom. The molecule has 1 aromatic rings. The number of benzene rings is 1. The molecule has 0 spiro atoms. The Morgan fingerprint density at radius 3 is 2.53 bits per heavy atom. The van der Waals surface area contributed by atoms with E-state index in [1.807, 2.05) is 26.0 Å². The summed E-state index contributed by atoms with van der Waals surface area (Å²) in [7, 11) is 1.71. The largest absolute Gasteiger partial charge is 0.347 e. The Kier molecular flexibility index (Phi) is 9.08. The number of nitrogens with zero attached hydrogens (tertiary/aromatic N) is 2. The van der Waals surface area contributed by atoms with Gasteiger partial charge in [-0.1, -0.05) is 45.0 Å². The van der Waals surface area contributed by atoms with Crippen LogP contribution in [0.3, 0.4) is 0 Å². The fraction of sp³-hybridized carbons (Fsp3) is 0.654. The highest BCUT2D eigenvalue weighted by atomic mass is 16.2. The molecular formula is C26H41N5O3. The molecule has 8 heteroatoms. The van der Waals surface area contributed by atoms with E-state index in [2.05, 4.69) is 39.9 Å².